The van der Waals surface area contributed by atoms with Gasteiger partial charge in [-0.25, -0.2) is 4.39 Å². The zero-order chi connectivity index (χ0) is 13.1. The first-order chi connectivity index (χ1) is 8.58. The van der Waals surface area contributed by atoms with Crippen molar-refractivity contribution in [2.45, 2.75) is 13.0 Å². The van der Waals surface area contributed by atoms with Crippen LogP contribution in [0.1, 0.15) is 18.7 Å². The summed E-state index contributed by atoms with van der Waals surface area (Å²) in [6.07, 6.45) is 0.650. The van der Waals surface area contributed by atoms with Crippen molar-refractivity contribution in [3.8, 4) is 11.5 Å². The van der Waals surface area contributed by atoms with E-state index in [1.165, 1.54) is 24.4 Å². The molecule has 1 atom stereocenters. The molecule has 0 saturated carbocycles. The van der Waals surface area contributed by atoms with Crippen molar-refractivity contribution in [2.24, 2.45) is 0 Å². The van der Waals surface area contributed by atoms with Crippen molar-refractivity contribution < 1.29 is 18.6 Å². The van der Waals surface area contributed by atoms with Crippen LogP contribution in [0.3, 0.4) is 0 Å². The predicted molar refractivity (Wildman–Crippen MR) is 61.3 cm³/mol. The molecule has 2 aromatic rings. The van der Waals surface area contributed by atoms with Crippen molar-refractivity contribution >= 4 is 0 Å². The van der Waals surface area contributed by atoms with Crippen molar-refractivity contribution in [1.29, 1.82) is 0 Å². The van der Waals surface area contributed by atoms with Crippen LogP contribution >= 0.6 is 0 Å². The highest BCUT2D eigenvalue weighted by molar-refractivity contribution is 5.31. The minimum Gasteiger partial charge on any atom is -0.453 e. The van der Waals surface area contributed by atoms with E-state index in [-0.39, 0.29) is 11.5 Å². The Balaban J connectivity index is 2.21. The fourth-order valence-corrected chi connectivity index (χ4v) is 1.39. The molecule has 0 amide bonds. The number of halogens is 2. The molecule has 1 unspecified atom stereocenters. The predicted octanol–water partition coefficient (Wildman–Crippen LogP) is 3.21. The summed E-state index contributed by atoms with van der Waals surface area (Å²) in [6.45, 7) is 1.58. The summed E-state index contributed by atoms with van der Waals surface area (Å²) in [5.41, 5.74) is 0.474. The van der Waals surface area contributed by atoms with E-state index in [1.807, 2.05) is 0 Å². The summed E-state index contributed by atoms with van der Waals surface area (Å²) < 4.78 is 31.4. The zero-order valence-corrected chi connectivity index (χ0v) is 9.60. The molecule has 0 spiro atoms. The van der Waals surface area contributed by atoms with Gasteiger partial charge in [0.05, 0.1) is 18.0 Å². The van der Waals surface area contributed by atoms with Crippen molar-refractivity contribution in [3.05, 3.63) is 53.9 Å². The molecule has 94 valence electrons. The number of aliphatic hydroxyl groups excluding tert-OH is 1. The smallest absolute Gasteiger partial charge is 0.201 e. The maximum Gasteiger partial charge on any atom is 0.201 e. The van der Waals surface area contributed by atoms with Crippen LogP contribution in [-0.2, 0) is 0 Å². The molecule has 1 aromatic heterocycles. The molecule has 0 radical (unpaired) electrons. The number of benzene rings is 1. The topological polar surface area (TPSA) is 42.4 Å². The average molecular weight is 251 g/mol. The Bertz CT molecular complexity index is 541. The molecule has 1 N–H and O–H groups in total. The van der Waals surface area contributed by atoms with Gasteiger partial charge in [-0.3, -0.25) is 4.98 Å². The lowest BCUT2D eigenvalue weighted by molar-refractivity contribution is 0.194. The molecular formula is C13H11F2NO2. The van der Waals surface area contributed by atoms with Crippen LogP contribution in [0.5, 0.6) is 11.5 Å². The van der Waals surface area contributed by atoms with Gasteiger partial charge in [-0.2, -0.15) is 4.39 Å². The van der Waals surface area contributed by atoms with Gasteiger partial charge in [-0.05, 0) is 31.2 Å². The van der Waals surface area contributed by atoms with Crippen molar-refractivity contribution in [3.63, 3.8) is 0 Å². The SMILES string of the molecule is CC(O)c1ccc(Oc2cccc(F)c2F)cn1. The maximum absolute atomic E-state index is 13.3. The molecule has 18 heavy (non-hydrogen) atoms. The quantitative estimate of drug-likeness (QED) is 0.910. The molecule has 0 aliphatic rings. The number of rotatable bonds is 3. The maximum atomic E-state index is 13.3. The fourth-order valence-electron chi connectivity index (χ4n) is 1.39. The van der Waals surface area contributed by atoms with E-state index in [0.717, 1.165) is 6.07 Å². The Labute approximate surface area is 103 Å². The minimum absolute atomic E-state index is 0.207. The summed E-state index contributed by atoms with van der Waals surface area (Å²) in [7, 11) is 0. The Kier molecular flexibility index (Phi) is 3.53. The van der Waals surface area contributed by atoms with Gasteiger partial charge in [0.1, 0.15) is 5.75 Å². The van der Waals surface area contributed by atoms with Crippen LogP contribution in [0.15, 0.2) is 36.5 Å². The van der Waals surface area contributed by atoms with E-state index in [0.29, 0.717) is 5.69 Å². The van der Waals surface area contributed by atoms with Gasteiger partial charge < -0.3 is 9.84 Å². The Morgan fingerprint density at radius 3 is 2.61 bits per heavy atom. The molecule has 2 rings (SSSR count). The number of nitrogens with zero attached hydrogens (tertiary/aromatic N) is 1. The van der Waals surface area contributed by atoms with Crippen LogP contribution in [-0.4, -0.2) is 10.1 Å². The summed E-state index contributed by atoms with van der Waals surface area (Å²) >= 11 is 0. The first-order valence-corrected chi connectivity index (χ1v) is 5.34. The van der Waals surface area contributed by atoms with Crippen LogP contribution in [0.4, 0.5) is 8.78 Å². The van der Waals surface area contributed by atoms with Gasteiger partial charge in [-0.1, -0.05) is 6.07 Å². The van der Waals surface area contributed by atoms with Gasteiger partial charge in [0.25, 0.3) is 0 Å². The van der Waals surface area contributed by atoms with Gasteiger partial charge in [0.15, 0.2) is 11.6 Å². The van der Waals surface area contributed by atoms with E-state index >= 15 is 0 Å². The third-order valence-electron chi connectivity index (χ3n) is 2.33. The van der Waals surface area contributed by atoms with Gasteiger partial charge in [0, 0.05) is 0 Å². The van der Waals surface area contributed by atoms with Crippen molar-refractivity contribution in [2.75, 3.05) is 0 Å². The summed E-state index contributed by atoms with van der Waals surface area (Å²) in [5, 5.41) is 9.27. The van der Waals surface area contributed by atoms with Crippen LogP contribution < -0.4 is 4.74 Å². The van der Waals surface area contributed by atoms with E-state index in [1.54, 1.807) is 13.0 Å². The third kappa shape index (κ3) is 2.62. The Morgan fingerprint density at radius 1 is 1.22 bits per heavy atom. The highest BCUT2D eigenvalue weighted by Gasteiger charge is 2.10. The molecule has 0 bridgehead atoms. The van der Waals surface area contributed by atoms with Crippen LogP contribution in [0, 0.1) is 11.6 Å². The summed E-state index contributed by atoms with van der Waals surface area (Å²) in [6, 6.07) is 6.76. The standard InChI is InChI=1S/C13H11F2NO2/c1-8(17)11-6-5-9(7-16-11)18-12-4-2-3-10(14)13(12)15/h2-8,17H,1H3. The van der Waals surface area contributed by atoms with Gasteiger partial charge in [0.2, 0.25) is 5.82 Å². The van der Waals surface area contributed by atoms with E-state index in [2.05, 4.69) is 4.98 Å². The monoisotopic (exact) mass is 251 g/mol. The first kappa shape index (κ1) is 12.4. The molecule has 1 aromatic carbocycles. The fraction of sp³-hybridized carbons (Fsp3) is 0.154. The van der Waals surface area contributed by atoms with E-state index in [4.69, 9.17) is 4.74 Å². The van der Waals surface area contributed by atoms with E-state index in [9.17, 15) is 13.9 Å². The van der Waals surface area contributed by atoms with Crippen LogP contribution in [0.2, 0.25) is 0 Å². The zero-order valence-electron chi connectivity index (χ0n) is 9.60. The molecule has 1 heterocycles. The number of ether oxygens (including phenoxy) is 1. The number of aliphatic hydroxyl groups is 1. The third-order valence-corrected chi connectivity index (χ3v) is 2.33. The Morgan fingerprint density at radius 2 is 2.00 bits per heavy atom. The lowest BCUT2D eigenvalue weighted by atomic mass is 10.2. The molecule has 0 fully saturated rings. The van der Waals surface area contributed by atoms with Crippen molar-refractivity contribution in [1.82, 2.24) is 4.98 Å². The molecular weight excluding hydrogens is 240 g/mol. The molecule has 0 aliphatic heterocycles. The molecule has 0 aliphatic carbocycles. The van der Waals surface area contributed by atoms with Crippen LogP contribution in [0.25, 0.3) is 0 Å². The molecule has 5 heteroatoms. The van der Waals surface area contributed by atoms with Gasteiger partial charge >= 0.3 is 0 Å². The average Bonchev–Trinajstić information content (AvgIpc) is 2.36. The summed E-state index contributed by atoms with van der Waals surface area (Å²) in [4.78, 5) is 3.94. The largest absolute Gasteiger partial charge is 0.453 e. The lowest BCUT2D eigenvalue weighted by Crippen LogP contribution is -1.96. The lowest BCUT2D eigenvalue weighted by Gasteiger charge is -2.08. The number of aromatic nitrogens is 1. The second-order valence-corrected chi connectivity index (χ2v) is 3.75. The van der Waals surface area contributed by atoms with E-state index < -0.39 is 17.7 Å². The number of hydrogen-bond acceptors (Lipinski definition) is 3. The van der Waals surface area contributed by atoms with Gasteiger partial charge in [-0.15, -0.1) is 0 Å². The second-order valence-electron chi connectivity index (χ2n) is 3.75. The second kappa shape index (κ2) is 5.10. The minimum atomic E-state index is -1.04. The highest BCUT2D eigenvalue weighted by atomic mass is 19.2. The highest BCUT2D eigenvalue weighted by Crippen LogP contribution is 2.25. The summed E-state index contributed by atoms with van der Waals surface area (Å²) in [5.74, 6) is -1.95. The normalized spacial score (nSPS) is 12.2. The number of hydrogen-bond donors (Lipinski definition) is 1. The molecule has 0 saturated heterocycles. The number of pyridine rings is 1. The first-order valence-electron chi connectivity index (χ1n) is 5.34. The Hall–Kier alpha value is -2.01. The molecule has 3 nitrogen and oxygen atoms in total.